The Kier molecular flexibility index (Phi) is 7.56. The first-order valence-corrected chi connectivity index (χ1v) is 7.99. The van der Waals surface area contributed by atoms with Crippen LogP contribution in [0.2, 0.25) is 0 Å². The molecule has 1 aromatic heterocycles. The molecule has 0 saturated carbocycles. The van der Waals surface area contributed by atoms with Gasteiger partial charge in [0.2, 0.25) is 0 Å². The lowest BCUT2D eigenvalue weighted by atomic mass is 10.0. The quantitative estimate of drug-likeness (QED) is 0.591. The van der Waals surface area contributed by atoms with Gasteiger partial charge in [-0.2, -0.15) is 0 Å². The van der Waals surface area contributed by atoms with Crippen LogP contribution in [0.1, 0.15) is 44.9 Å². The number of guanidine groups is 1. The fourth-order valence-corrected chi connectivity index (χ4v) is 2.56. The Morgan fingerprint density at radius 1 is 1.32 bits per heavy atom. The number of nitrogens with zero attached hydrogens (tertiary/aromatic N) is 1. The van der Waals surface area contributed by atoms with Crippen LogP contribution in [0.5, 0.6) is 0 Å². The Bertz CT molecular complexity index is 357. The van der Waals surface area contributed by atoms with E-state index in [1.54, 1.807) is 11.3 Å². The Balaban J connectivity index is 2.24. The summed E-state index contributed by atoms with van der Waals surface area (Å²) in [6.45, 7) is 7.62. The summed E-state index contributed by atoms with van der Waals surface area (Å²) in [7, 11) is 1.82. The van der Waals surface area contributed by atoms with Crippen molar-refractivity contribution in [2.45, 2.75) is 52.6 Å². The van der Waals surface area contributed by atoms with Crippen molar-refractivity contribution in [2.24, 2.45) is 10.9 Å². The summed E-state index contributed by atoms with van der Waals surface area (Å²) in [6.07, 6.45) is 3.76. The maximum atomic E-state index is 4.27. The van der Waals surface area contributed by atoms with Crippen molar-refractivity contribution in [3.63, 3.8) is 0 Å². The van der Waals surface area contributed by atoms with Crippen molar-refractivity contribution in [3.8, 4) is 0 Å². The Morgan fingerprint density at radius 3 is 2.68 bits per heavy atom. The van der Waals surface area contributed by atoms with E-state index in [1.165, 1.54) is 24.1 Å². The summed E-state index contributed by atoms with van der Waals surface area (Å²) >= 11 is 1.77. The molecule has 108 valence electrons. The molecule has 0 aliphatic carbocycles. The highest BCUT2D eigenvalue weighted by Gasteiger charge is 2.05. The summed E-state index contributed by atoms with van der Waals surface area (Å²) < 4.78 is 0. The van der Waals surface area contributed by atoms with E-state index in [1.807, 2.05) is 7.05 Å². The summed E-state index contributed by atoms with van der Waals surface area (Å²) in [5.41, 5.74) is 0. The molecule has 0 bridgehead atoms. The molecule has 3 nitrogen and oxygen atoms in total. The molecule has 0 aliphatic rings. The first-order valence-electron chi connectivity index (χ1n) is 7.11. The van der Waals surface area contributed by atoms with E-state index in [0.29, 0.717) is 6.04 Å². The van der Waals surface area contributed by atoms with E-state index in [4.69, 9.17) is 0 Å². The number of hydrogen-bond acceptors (Lipinski definition) is 2. The molecule has 0 aliphatic heterocycles. The van der Waals surface area contributed by atoms with Gasteiger partial charge in [0, 0.05) is 18.0 Å². The largest absolute Gasteiger partial charge is 0.354 e. The Morgan fingerprint density at radius 2 is 2.11 bits per heavy atom. The molecule has 0 spiro atoms. The average Bonchev–Trinajstić information content (AvgIpc) is 2.87. The van der Waals surface area contributed by atoms with Crippen LogP contribution in [0.4, 0.5) is 0 Å². The molecule has 0 amide bonds. The van der Waals surface area contributed by atoms with Gasteiger partial charge in [-0.1, -0.05) is 32.8 Å². The van der Waals surface area contributed by atoms with Crippen LogP contribution in [-0.4, -0.2) is 19.0 Å². The standard InChI is InChI=1S/C15H27N3S/c1-12(2)7-5-8-13(3)18-15(16-4)17-11-14-9-6-10-19-14/h6,9-10,12-13H,5,7-8,11H2,1-4H3,(H2,16,17,18). The number of aliphatic imine (C=N–C) groups is 1. The van der Waals surface area contributed by atoms with E-state index in [0.717, 1.165) is 18.4 Å². The molecule has 1 heterocycles. The first kappa shape index (κ1) is 16.0. The highest BCUT2D eigenvalue weighted by Crippen LogP contribution is 2.09. The lowest BCUT2D eigenvalue weighted by Crippen LogP contribution is -2.41. The van der Waals surface area contributed by atoms with Crippen molar-refractivity contribution in [2.75, 3.05) is 7.05 Å². The second-order valence-electron chi connectivity index (χ2n) is 5.38. The third-order valence-corrected chi connectivity index (χ3v) is 3.91. The molecule has 0 saturated heterocycles. The summed E-state index contributed by atoms with van der Waals surface area (Å²) in [4.78, 5) is 5.60. The van der Waals surface area contributed by atoms with Gasteiger partial charge in [-0.05, 0) is 30.7 Å². The van der Waals surface area contributed by atoms with Crippen molar-refractivity contribution in [1.29, 1.82) is 0 Å². The molecule has 0 fully saturated rings. The van der Waals surface area contributed by atoms with Gasteiger partial charge in [-0.15, -0.1) is 11.3 Å². The predicted octanol–water partition coefficient (Wildman–Crippen LogP) is 3.63. The van der Waals surface area contributed by atoms with Gasteiger partial charge in [0.05, 0.1) is 6.54 Å². The molecular formula is C15H27N3S. The second-order valence-corrected chi connectivity index (χ2v) is 6.41. The van der Waals surface area contributed by atoms with Crippen LogP contribution < -0.4 is 10.6 Å². The molecule has 1 rings (SSSR count). The van der Waals surface area contributed by atoms with Crippen LogP contribution in [-0.2, 0) is 6.54 Å². The summed E-state index contributed by atoms with van der Waals surface area (Å²) in [5.74, 6) is 1.69. The maximum absolute atomic E-state index is 4.27. The average molecular weight is 281 g/mol. The van der Waals surface area contributed by atoms with Gasteiger partial charge >= 0.3 is 0 Å². The van der Waals surface area contributed by atoms with Crippen molar-refractivity contribution >= 4 is 17.3 Å². The molecule has 1 unspecified atom stereocenters. The first-order chi connectivity index (χ1) is 9.11. The molecule has 2 N–H and O–H groups in total. The summed E-state index contributed by atoms with van der Waals surface area (Å²) in [6, 6.07) is 4.68. The van der Waals surface area contributed by atoms with E-state index in [-0.39, 0.29) is 0 Å². The Labute approximate surface area is 121 Å². The third kappa shape index (κ3) is 7.21. The van der Waals surface area contributed by atoms with Crippen molar-refractivity contribution in [3.05, 3.63) is 22.4 Å². The van der Waals surface area contributed by atoms with E-state index in [9.17, 15) is 0 Å². The minimum absolute atomic E-state index is 0.466. The monoisotopic (exact) mass is 281 g/mol. The third-order valence-electron chi connectivity index (χ3n) is 3.04. The van der Waals surface area contributed by atoms with E-state index >= 15 is 0 Å². The fraction of sp³-hybridized carbons (Fsp3) is 0.667. The van der Waals surface area contributed by atoms with Crippen LogP contribution in [0.3, 0.4) is 0 Å². The molecule has 1 aromatic rings. The zero-order valence-corrected chi connectivity index (χ0v) is 13.4. The predicted molar refractivity (Wildman–Crippen MR) is 85.8 cm³/mol. The van der Waals surface area contributed by atoms with Gasteiger partial charge in [0.25, 0.3) is 0 Å². The molecule has 19 heavy (non-hydrogen) atoms. The number of hydrogen-bond donors (Lipinski definition) is 2. The van der Waals surface area contributed by atoms with Gasteiger partial charge in [0.15, 0.2) is 5.96 Å². The zero-order chi connectivity index (χ0) is 14.1. The topological polar surface area (TPSA) is 36.4 Å². The van der Waals surface area contributed by atoms with Crippen molar-refractivity contribution < 1.29 is 0 Å². The minimum atomic E-state index is 0.466. The van der Waals surface area contributed by atoms with Crippen LogP contribution in [0.25, 0.3) is 0 Å². The van der Waals surface area contributed by atoms with Gasteiger partial charge < -0.3 is 10.6 Å². The molecule has 0 radical (unpaired) electrons. The normalized spacial score (nSPS) is 13.6. The van der Waals surface area contributed by atoms with Crippen LogP contribution in [0, 0.1) is 5.92 Å². The SMILES string of the molecule is CN=C(NCc1cccs1)NC(C)CCCC(C)C. The lowest BCUT2D eigenvalue weighted by molar-refractivity contribution is 0.491. The van der Waals surface area contributed by atoms with Gasteiger partial charge in [-0.25, -0.2) is 0 Å². The Hall–Kier alpha value is -1.03. The lowest BCUT2D eigenvalue weighted by Gasteiger charge is -2.18. The fourth-order valence-electron chi connectivity index (χ4n) is 1.92. The van der Waals surface area contributed by atoms with Crippen LogP contribution >= 0.6 is 11.3 Å². The smallest absolute Gasteiger partial charge is 0.191 e. The summed E-state index contributed by atoms with van der Waals surface area (Å²) in [5, 5.41) is 8.90. The number of rotatable bonds is 7. The van der Waals surface area contributed by atoms with E-state index in [2.05, 4.69) is 53.9 Å². The second kappa shape index (κ2) is 8.97. The van der Waals surface area contributed by atoms with Gasteiger partial charge in [-0.3, -0.25) is 4.99 Å². The zero-order valence-electron chi connectivity index (χ0n) is 12.6. The number of thiophene rings is 1. The highest BCUT2D eigenvalue weighted by molar-refractivity contribution is 7.09. The van der Waals surface area contributed by atoms with Crippen molar-refractivity contribution in [1.82, 2.24) is 10.6 Å². The van der Waals surface area contributed by atoms with E-state index < -0.39 is 0 Å². The molecule has 4 heteroatoms. The highest BCUT2D eigenvalue weighted by atomic mass is 32.1. The van der Waals surface area contributed by atoms with Crippen LogP contribution in [0.15, 0.2) is 22.5 Å². The minimum Gasteiger partial charge on any atom is -0.354 e. The molecule has 1 atom stereocenters. The molecular weight excluding hydrogens is 254 g/mol. The maximum Gasteiger partial charge on any atom is 0.191 e. The number of nitrogens with one attached hydrogen (secondary N) is 2. The van der Waals surface area contributed by atoms with Gasteiger partial charge in [0.1, 0.15) is 0 Å². The molecule has 0 aromatic carbocycles.